The molecule has 1 aliphatic heterocycles. The standard InChI is InChI=1S/C24H19F3O2/c1-2-15-13-28-24(29-14-15)20-11-10-18(12-22(20)26)16-6-8-17(9-7-16)19-4-3-5-21(25)23(19)27/h2-12,15,24H,1,13-14H2. The number of hydrogen-bond donors (Lipinski definition) is 0. The fourth-order valence-corrected chi connectivity index (χ4v) is 3.30. The lowest BCUT2D eigenvalue weighted by Gasteiger charge is -2.28. The predicted octanol–water partition coefficient (Wildman–Crippen LogP) is 6.29. The summed E-state index contributed by atoms with van der Waals surface area (Å²) < 4.78 is 53.3. The van der Waals surface area contributed by atoms with Gasteiger partial charge in [0.2, 0.25) is 0 Å². The molecule has 0 amide bonds. The Kier molecular flexibility index (Phi) is 5.51. The van der Waals surface area contributed by atoms with Crippen LogP contribution in [0.3, 0.4) is 0 Å². The fraction of sp³-hybridized carbons (Fsp3) is 0.167. The normalized spacial score (nSPS) is 19.1. The van der Waals surface area contributed by atoms with Gasteiger partial charge < -0.3 is 9.47 Å². The molecule has 0 bridgehead atoms. The van der Waals surface area contributed by atoms with Crippen molar-refractivity contribution in [3.63, 3.8) is 0 Å². The zero-order valence-electron chi connectivity index (χ0n) is 15.6. The van der Waals surface area contributed by atoms with Gasteiger partial charge in [0.25, 0.3) is 0 Å². The lowest BCUT2D eigenvalue weighted by atomic mass is 9.99. The van der Waals surface area contributed by atoms with Gasteiger partial charge in [-0.2, -0.15) is 0 Å². The Morgan fingerprint density at radius 2 is 1.45 bits per heavy atom. The molecule has 0 N–H and O–H groups in total. The van der Waals surface area contributed by atoms with E-state index in [1.54, 1.807) is 42.5 Å². The van der Waals surface area contributed by atoms with Crippen molar-refractivity contribution >= 4 is 0 Å². The SMILES string of the molecule is C=CC1COC(c2ccc(-c3ccc(-c4cccc(F)c4F)cc3)cc2F)OC1. The zero-order valence-corrected chi connectivity index (χ0v) is 15.6. The first-order valence-corrected chi connectivity index (χ1v) is 9.27. The highest BCUT2D eigenvalue weighted by Gasteiger charge is 2.24. The van der Waals surface area contributed by atoms with Crippen LogP contribution in [0, 0.1) is 23.4 Å². The van der Waals surface area contributed by atoms with Crippen LogP contribution >= 0.6 is 0 Å². The molecule has 1 aliphatic rings. The topological polar surface area (TPSA) is 18.5 Å². The minimum absolute atomic E-state index is 0.107. The summed E-state index contributed by atoms with van der Waals surface area (Å²) in [5.74, 6) is -2.10. The molecule has 0 unspecified atom stereocenters. The average molecular weight is 396 g/mol. The monoisotopic (exact) mass is 396 g/mol. The van der Waals surface area contributed by atoms with Crippen molar-refractivity contribution < 1.29 is 22.6 Å². The van der Waals surface area contributed by atoms with Crippen LogP contribution in [-0.4, -0.2) is 13.2 Å². The number of rotatable bonds is 4. The van der Waals surface area contributed by atoms with E-state index in [1.165, 1.54) is 18.2 Å². The fourth-order valence-electron chi connectivity index (χ4n) is 3.30. The molecular weight excluding hydrogens is 377 g/mol. The van der Waals surface area contributed by atoms with E-state index in [9.17, 15) is 13.2 Å². The largest absolute Gasteiger partial charge is 0.348 e. The van der Waals surface area contributed by atoms with Crippen molar-refractivity contribution in [2.45, 2.75) is 6.29 Å². The molecular formula is C24H19F3O2. The van der Waals surface area contributed by atoms with Gasteiger partial charge in [0.05, 0.1) is 13.2 Å². The van der Waals surface area contributed by atoms with Crippen LogP contribution in [0.25, 0.3) is 22.3 Å². The molecule has 1 fully saturated rings. The number of benzene rings is 3. The van der Waals surface area contributed by atoms with Crippen LogP contribution in [0.2, 0.25) is 0 Å². The Morgan fingerprint density at radius 1 is 0.793 bits per heavy atom. The number of hydrogen-bond acceptors (Lipinski definition) is 2. The molecule has 29 heavy (non-hydrogen) atoms. The highest BCUT2D eigenvalue weighted by atomic mass is 19.2. The summed E-state index contributed by atoms with van der Waals surface area (Å²) >= 11 is 0. The maximum Gasteiger partial charge on any atom is 0.186 e. The summed E-state index contributed by atoms with van der Waals surface area (Å²) in [5, 5.41) is 0. The molecule has 3 aromatic carbocycles. The lowest BCUT2D eigenvalue weighted by Crippen LogP contribution is -2.26. The highest BCUT2D eigenvalue weighted by Crippen LogP contribution is 2.32. The van der Waals surface area contributed by atoms with E-state index in [0.29, 0.717) is 29.9 Å². The molecule has 0 radical (unpaired) electrons. The Labute approximate surface area is 167 Å². The molecule has 0 aromatic heterocycles. The Morgan fingerprint density at radius 3 is 2.10 bits per heavy atom. The van der Waals surface area contributed by atoms with Gasteiger partial charge in [-0.3, -0.25) is 0 Å². The van der Waals surface area contributed by atoms with E-state index < -0.39 is 23.7 Å². The van der Waals surface area contributed by atoms with Crippen LogP contribution in [0.4, 0.5) is 13.2 Å². The number of halogens is 3. The summed E-state index contributed by atoms with van der Waals surface area (Å²) in [6, 6.07) is 15.8. The van der Waals surface area contributed by atoms with E-state index in [-0.39, 0.29) is 11.5 Å². The first-order valence-electron chi connectivity index (χ1n) is 9.27. The van der Waals surface area contributed by atoms with Gasteiger partial charge in [-0.05, 0) is 28.8 Å². The highest BCUT2D eigenvalue weighted by molar-refractivity contribution is 5.71. The van der Waals surface area contributed by atoms with Crippen LogP contribution in [0.15, 0.2) is 73.3 Å². The van der Waals surface area contributed by atoms with Gasteiger partial charge >= 0.3 is 0 Å². The van der Waals surface area contributed by atoms with Crippen LogP contribution < -0.4 is 0 Å². The van der Waals surface area contributed by atoms with Crippen molar-refractivity contribution in [3.05, 3.63) is 96.3 Å². The third kappa shape index (κ3) is 3.97. The van der Waals surface area contributed by atoms with Gasteiger partial charge in [-0.25, -0.2) is 13.2 Å². The quantitative estimate of drug-likeness (QED) is 0.483. The predicted molar refractivity (Wildman–Crippen MR) is 106 cm³/mol. The molecule has 0 saturated carbocycles. The Balaban J connectivity index is 1.55. The first-order chi connectivity index (χ1) is 14.1. The van der Waals surface area contributed by atoms with Crippen molar-refractivity contribution in [2.75, 3.05) is 13.2 Å². The van der Waals surface area contributed by atoms with E-state index in [1.807, 2.05) is 0 Å². The van der Waals surface area contributed by atoms with Gasteiger partial charge in [-0.1, -0.05) is 54.6 Å². The molecule has 148 valence electrons. The van der Waals surface area contributed by atoms with Gasteiger partial charge in [0.15, 0.2) is 17.9 Å². The molecule has 1 heterocycles. The molecule has 0 aliphatic carbocycles. The second kappa shape index (κ2) is 8.23. The smallest absolute Gasteiger partial charge is 0.186 e. The van der Waals surface area contributed by atoms with Crippen molar-refractivity contribution in [3.8, 4) is 22.3 Å². The minimum atomic E-state index is -0.893. The van der Waals surface area contributed by atoms with E-state index >= 15 is 0 Å². The maximum atomic E-state index is 14.7. The third-order valence-corrected chi connectivity index (χ3v) is 4.99. The van der Waals surface area contributed by atoms with E-state index in [0.717, 1.165) is 11.6 Å². The molecule has 5 heteroatoms. The second-order valence-electron chi connectivity index (χ2n) is 6.91. The first kappa shape index (κ1) is 19.4. The summed E-state index contributed by atoms with van der Waals surface area (Å²) in [5.41, 5.74) is 2.49. The van der Waals surface area contributed by atoms with Gasteiger partial charge in [0, 0.05) is 17.0 Å². The summed E-state index contributed by atoms with van der Waals surface area (Å²) in [6.07, 6.45) is 1.02. The lowest BCUT2D eigenvalue weighted by molar-refractivity contribution is -0.198. The zero-order chi connectivity index (χ0) is 20.4. The maximum absolute atomic E-state index is 14.7. The van der Waals surface area contributed by atoms with Crippen molar-refractivity contribution in [1.29, 1.82) is 0 Å². The summed E-state index contributed by atoms with van der Waals surface area (Å²) in [6.45, 7) is 4.58. The molecule has 2 nitrogen and oxygen atoms in total. The van der Waals surface area contributed by atoms with Crippen molar-refractivity contribution in [2.24, 2.45) is 5.92 Å². The van der Waals surface area contributed by atoms with Crippen LogP contribution in [-0.2, 0) is 9.47 Å². The van der Waals surface area contributed by atoms with Gasteiger partial charge in [-0.15, -0.1) is 6.58 Å². The van der Waals surface area contributed by atoms with E-state index in [2.05, 4.69) is 6.58 Å². The average Bonchev–Trinajstić information content (AvgIpc) is 2.76. The minimum Gasteiger partial charge on any atom is -0.348 e. The summed E-state index contributed by atoms with van der Waals surface area (Å²) in [7, 11) is 0. The molecule has 0 atom stereocenters. The molecule has 0 spiro atoms. The third-order valence-electron chi connectivity index (χ3n) is 4.99. The Hall–Kier alpha value is -2.89. The second-order valence-corrected chi connectivity index (χ2v) is 6.91. The van der Waals surface area contributed by atoms with E-state index in [4.69, 9.17) is 9.47 Å². The molecule has 4 rings (SSSR count). The van der Waals surface area contributed by atoms with Crippen LogP contribution in [0.1, 0.15) is 11.9 Å². The van der Waals surface area contributed by atoms with Gasteiger partial charge in [0.1, 0.15) is 5.82 Å². The van der Waals surface area contributed by atoms with Crippen molar-refractivity contribution in [1.82, 2.24) is 0 Å². The van der Waals surface area contributed by atoms with Crippen LogP contribution in [0.5, 0.6) is 0 Å². The number of ether oxygens (including phenoxy) is 2. The summed E-state index contributed by atoms with van der Waals surface area (Å²) in [4.78, 5) is 0. The molecule has 3 aromatic rings. The Bertz CT molecular complexity index is 1020. The molecule has 1 saturated heterocycles.